The Hall–Kier alpha value is -1.22. The Kier molecular flexibility index (Phi) is 3.16. The van der Waals surface area contributed by atoms with Crippen LogP contribution in [0.2, 0.25) is 0 Å². The lowest BCUT2D eigenvalue weighted by atomic mass is 10.1. The molecule has 0 aromatic heterocycles. The summed E-state index contributed by atoms with van der Waals surface area (Å²) in [6.07, 6.45) is 5.77. The van der Waals surface area contributed by atoms with Crippen molar-refractivity contribution < 1.29 is 9.47 Å². The number of fused-ring (bicyclic) bond motifs is 1. The zero-order valence-corrected chi connectivity index (χ0v) is 10.8. The van der Waals surface area contributed by atoms with E-state index < -0.39 is 0 Å². The maximum absolute atomic E-state index is 5.92. The van der Waals surface area contributed by atoms with Gasteiger partial charge in [-0.3, -0.25) is 0 Å². The summed E-state index contributed by atoms with van der Waals surface area (Å²) in [5, 5.41) is 0. The highest BCUT2D eigenvalue weighted by Gasteiger charge is 2.46. The Balaban J connectivity index is 1.69. The molecule has 0 atom stereocenters. The Morgan fingerprint density at radius 1 is 1.06 bits per heavy atom. The normalized spacial score (nSPS) is 19.6. The second-order valence-electron chi connectivity index (χ2n) is 5.60. The van der Waals surface area contributed by atoms with Crippen LogP contribution in [0.4, 0.5) is 0 Å². The van der Waals surface area contributed by atoms with Gasteiger partial charge in [0.15, 0.2) is 11.5 Å². The van der Waals surface area contributed by atoms with E-state index in [1.165, 1.54) is 18.4 Å². The molecular weight excluding hydrogens is 226 g/mol. The van der Waals surface area contributed by atoms with Gasteiger partial charge in [-0.1, -0.05) is 6.07 Å². The lowest BCUT2D eigenvalue weighted by molar-refractivity contribution is 0.197. The van der Waals surface area contributed by atoms with E-state index in [2.05, 4.69) is 18.2 Å². The molecule has 1 heterocycles. The lowest BCUT2D eigenvalue weighted by Crippen LogP contribution is -2.17. The molecule has 0 bridgehead atoms. The zero-order valence-electron chi connectivity index (χ0n) is 10.8. The molecule has 1 aromatic rings. The minimum Gasteiger partial charge on any atom is -0.489 e. The van der Waals surface area contributed by atoms with E-state index >= 15 is 0 Å². The van der Waals surface area contributed by atoms with Crippen molar-refractivity contribution >= 4 is 0 Å². The average Bonchev–Trinajstić information content (AvgIpc) is 3.18. The predicted octanol–water partition coefficient (Wildman–Crippen LogP) is 2.52. The average molecular weight is 247 g/mol. The SMILES string of the molecule is NCCCCc1ccc2c(c1)OCC1(CC1)CO2. The van der Waals surface area contributed by atoms with Gasteiger partial charge < -0.3 is 15.2 Å². The summed E-state index contributed by atoms with van der Waals surface area (Å²) in [5.41, 5.74) is 7.15. The van der Waals surface area contributed by atoms with Gasteiger partial charge in [0.1, 0.15) is 0 Å². The Morgan fingerprint density at radius 2 is 1.83 bits per heavy atom. The van der Waals surface area contributed by atoms with E-state index in [0.29, 0.717) is 5.41 Å². The van der Waals surface area contributed by atoms with E-state index in [0.717, 1.165) is 50.5 Å². The fourth-order valence-corrected chi connectivity index (χ4v) is 2.38. The molecule has 98 valence electrons. The molecule has 0 saturated heterocycles. The minimum atomic E-state index is 0.318. The zero-order chi connectivity index (χ0) is 12.4. The largest absolute Gasteiger partial charge is 0.489 e. The highest BCUT2D eigenvalue weighted by Crippen LogP contribution is 2.49. The van der Waals surface area contributed by atoms with Gasteiger partial charge in [0.2, 0.25) is 0 Å². The molecule has 1 saturated carbocycles. The Bertz CT molecular complexity index is 427. The van der Waals surface area contributed by atoms with Crippen LogP contribution in [0, 0.1) is 5.41 Å². The molecule has 2 aliphatic rings. The molecule has 1 fully saturated rings. The third-order valence-corrected chi connectivity index (χ3v) is 3.95. The van der Waals surface area contributed by atoms with Crippen molar-refractivity contribution in [3.63, 3.8) is 0 Å². The molecule has 2 N–H and O–H groups in total. The summed E-state index contributed by atoms with van der Waals surface area (Å²) in [4.78, 5) is 0. The lowest BCUT2D eigenvalue weighted by Gasteiger charge is -2.09. The Morgan fingerprint density at radius 3 is 2.56 bits per heavy atom. The first-order chi connectivity index (χ1) is 8.81. The van der Waals surface area contributed by atoms with Gasteiger partial charge >= 0.3 is 0 Å². The summed E-state index contributed by atoms with van der Waals surface area (Å²) >= 11 is 0. The molecule has 3 heteroatoms. The third kappa shape index (κ3) is 2.46. The van der Waals surface area contributed by atoms with E-state index in [1.54, 1.807) is 0 Å². The van der Waals surface area contributed by atoms with Crippen molar-refractivity contribution in [3.8, 4) is 11.5 Å². The number of benzene rings is 1. The van der Waals surface area contributed by atoms with E-state index in [9.17, 15) is 0 Å². The van der Waals surface area contributed by atoms with Crippen molar-refractivity contribution in [2.24, 2.45) is 11.1 Å². The van der Waals surface area contributed by atoms with Crippen LogP contribution in [0.25, 0.3) is 0 Å². The van der Waals surface area contributed by atoms with Crippen molar-refractivity contribution in [2.45, 2.75) is 32.1 Å². The molecule has 0 amide bonds. The fraction of sp³-hybridized carbons (Fsp3) is 0.600. The molecular formula is C15H21NO2. The summed E-state index contributed by atoms with van der Waals surface area (Å²) in [7, 11) is 0. The predicted molar refractivity (Wildman–Crippen MR) is 71.1 cm³/mol. The first kappa shape index (κ1) is 11.8. The standard InChI is InChI=1S/C15H21NO2/c16-8-2-1-3-12-4-5-13-14(9-12)18-11-15(6-7-15)10-17-13/h4-5,9H,1-3,6-8,10-11,16H2. The van der Waals surface area contributed by atoms with Crippen LogP contribution in [-0.4, -0.2) is 19.8 Å². The van der Waals surface area contributed by atoms with Gasteiger partial charge in [0.05, 0.1) is 13.2 Å². The van der Waals surface area contributed by atoms with Crippen LogP contribution < -0.4 is 15.2 Å². The van der Waals surface area contributed by atoms with Gasteiger partial charge in [0.25, 0.3) is 0 Å². The Labute approximate surface area is 108 Å². The number of ether oxygens (including phenoxy) is 2. The van der Waals surface area contributed by atoms with Crippen molar-refractivity contribution in [1.82, 2.24) is 0 Å². The molecule has 18 heavy (non-hydrogen) atoms. The molecule has 0 unspecified atom stereocenters. The maximum Gasteiger partial charge on any atom is 0.161 e. The quantitative estimate of drug-likeness (QED) is 0.831. The minimum absolute atomic E-state index is 0.318. The molecule has 1 spiro atoms. The smallest absolute Gasteiger partial charge is 0.161 e. The van der Waals surface area contributed by atoms with Crippen molar-refractivity contribution in [2.75, 3.05) is 19.8 Å². The maximum atomic E-state index is 5.92. The van der Waals surface area contributed by atoms with Crippen LogP contribution >= 0.6 is 0 Å². The first-order valence-corrected chi connectivity index (χ1v) is 6.90. The molecule has 1 aromatic carbocycles. The van der Waals surface area contributed by atoms with Crippen LogP contribution in [0.5, 0.6) is 11.5 Å². The topological polar surface area (TPSA) is 44.5 Å². The molecule has 1 aliphatic carbocycles. The second kappa shape index (κ2) is 4.81. The summed E-state index contributed by atoms with van der Waals surface area (Å²) in [6, 6.07) is 6.32. The molecule has 1 aliphatic heterocycles. The van der Waals surface area contributed by atoms with Crippen molar-refractivity contribution in [3.05, 3.63) is 23.8 Å². The highest BCUT2D eigenvalue weighted by atomic mass is 16.5. The molecule has 3 nitrogen and oxygen atoms in total. The highest BCUT2D eigenvalue weighted by molar-refractivity contribution is 5.43. The number of aryl methyl sites for hydroxylation is 1. The van der Waals surface area contributed by atoms with Gasteiger partial charge in [-0.25, -0.2) is 0 Å². The van der Waals surface area contributed by atoms with Gasteiger partial charge in [-0.05, 0) is 56.3 Å². The summed E-state index contributed by atoms with van der Waals surface area (Å²) < 4.78 is 11.8. The number of nitrogens with two attached hydrogens (primary N) is 1. The number of unbranched alkanes of at least 4 members (excludes halogenated alkanes) is 1. The summed E-state index contributed by atoms with van der Waals surface area (Å²) in [6.45, 7) is 2.39. The van der Waals surface area contributed by atoms with E-state index in [1.807, 2.05) is 0 Å². The van der Waals surface area contributed by atoms with Crippen LogP contribution in [0.3, 0.4) is 0 Å². The summed E-state index contributed by atoms with van der Waals surface area (Å²) in [5.74, 6) is 1.82. The second-order valence-corrected chi connectivity index (χ2v) is 5.60. The first-order valence-electron chi connectivity index (χ1n) is 6.90. The third-order valence-electron chi connectivity index (χ3n) is 3.95. The van der Waals surface area contributed by atoms with Crippen LogP contribution in [0.15, 0.2) is 18.2 Å². The molecule has 0 radical (unpaired) electrons. The van der Waals surface area contributed by atoms with Gasteiger partial charge in [-0.15, -0.1) is 0 Å². The van der Waals surface area contributed by atoms with Gasteiger partial charge in [0, 0.05) is 5.41 Å². The van der Waals surface area contributed by atoms with Crippen LogP contribution in [-0.2, 0) is 6.42 Å². The fourth-order valence-electron chi connectivity index (χ4n) is 2.38. The van der Waals surface area contributed by atoms with E-state index in [-0.39, 0.29) is 0 Å². The molecule has 3 rings (SSSR count). The van der Waals surface area contributed by atoms with Crippen molar-refractivity contribution in [1.29, 1.82) is 0 Å². The van der Waals surface area contributed by atoms with Crippen LogP contribution in [0.1, 0.15) is 31.2 Å². The number of hydrogen-bond acceptors (Lipinski definition) is 3. The number of hydrogen-bond donors (Lipinski definition) is 1. The monoisotopic (exact) mass is 247 g/mol. The van der Waals surface area contributed by atoms with Gasteiger partial charge in [-0.2, -0.15) is 0 Å². The number of rotatable bonds is 4. The van der Waals surface area contributed by atoms with E-state index in [4.69, 9.17) is 15.2 Å².